The summed E-state index contributed by atoms with van der Waals surface area (Å²) in [5.41, 5.74) is 2.64. The zero-order chi connectivity index (χ0) is 15.4. The molecule has 0 saturated carbocycles. The smallest absolute Gasteiger partial charge is 0.230 e. The average Bonchev–Trinajstić information content (AvgIpc) is 3.06. The highest BCUT2D eigenvalue weighted by atomic mass is 32.2. The summed E-state index contributed by atoms with van der Waals surface area (Å²) in [6.07, 6.45) is 0. The van der Waals surface area contributed by atoms with Gasteiger partial charge in [0.1, 0.15) is 18.7 Å². The fraction of sp³-hybridized carbons (Fsp3) is 0.357. The molecule has 22 heavy (non-hydrogen) atoms. The Bertz CT molecular complexity index is 649. The number of hydrogen-bond acceptors (Lipinski definition) is 7. The van der Waals surface area contributed by atoms with Gasteiger partial charge in [-0.25, -0.2) is 0 Å². The lowest BCUT2D eigenvalue weighted by Gasteiger charge is -2.21. The van der Waals surface area contributed by atoms with Gasteiger partial charge in [-0.1, -0.05) is 29.2 Å². The Morgan fingerprint density at radius 1 is 1.41 bits per heavy atom. The Hall–Kier alpha value is -1.80. The van der Waals surface area contributed by atoms with E-state index in [9.17, 15) is 4.79 Å². The Balaban J connectivity index is 1.56. The van der Waals surface area contributed by atoms with Crippen molar-refractivity contribution in [2.45, 2.75) is 17.3 Å². The monoisotopic (exact) mass is 337 g/mol. The molecule has 3 rings (SSSR count). The van der Waals surface area contributed by atoms with Crippen molar-refractivity contribution in [3.63, 3.8) is 0 Å². The van der Waals surface area contributed by atoms with E-state index in [1.165, 1.54) is 23.1 Å². The van der Waals surface area contributed by atoms with Crippen molar-refractivity contribution in [1.29, 1.82) is 0 Å². The van der Waals surface area contributed by atoms with E-state index in [-0.39, 0.29) is 11.9 Å². The van der Waals surface area contributed by atoms with Gasteiger partial charge in [-0.3, -0.25) is 4.79 Å². The maximum Gasteiger partial charge on any atom is 0.230 e. The van der Waals surface area contributed by atoms with E-state index in [0.717, 1.165) is 21.4 Å². The maximum absolute atomic E-state index is 12.0. The van der Waals surface area contributed by atoms with Crippen LogP contribution in [0.25, 0.3) is 0 Å². The molecule has 1 aliphatic heterocycles. The minimum Gasteiger partial charge on any atom is -0.486 e. The molecule has 1 aromatic carbocycles. The number of hydrogen-bond donors (Lipinski definition) is 1. The number of ether oxygens (including phenoxy) is 2. The largest absolute Gasteiger partial charge is 0.486 e. The van der Waals surface area contributed by atoms with Crippen LogP contribution in [0.15, 0.2) is 28.0 Å². The fourth-order valence-corrected chi connectivity index (χ4v) is 3.35. The van der Waals surface area contributed by atoms with Gasteiger partial charge in [-0.05, 0) is 24.6 Å². The number of benzene rings is 1. The van der Waals surface area contributed by atoms with E-state index < -0.39 is 0 Å². The molecule has 0 aliphatic carbocycles. The summed E-state index contributed by atoms with van der Waals surface area (Å²) in [5.74, 6) is 1.76. The van der Waals surface area contributed by atoms with Crippen LogP contribution in [0.2, 0.25) is 0 Å². The van der Waals surface area contributed by atoms with E-state index in [2.05, 4.69) is 15.5 Å². The first kappa shape index (κ1) is 15.1. The number of thioether (sulfide) groups is 1. The van der Waals surface area contributed by atoms with Crippen LogP contribution in [0.5, 0.6) is 11.5 Å². The lowest BCUT2D eigenvalue weighted by molar-refractivity contribution is -0.119. The molecule has 1 N–H and O–H groups in total. The highest BCUT2D eigenvalue weighted by Gasteiger charge is 2.16. The summed E-state index contributed by atoms with van der Waals surface area (Å²) in [6, 6.07) is 5.63. The Kier molecular flexibility index (Phi) is 4.79. The first-order chi connectivity index (χ1) is 10.7. The first-order valence-corrected chi connectivity index (χ1v) is 8.67. The van der Waals surface area contributed by atoms with E-state index in [1.807, 2.05) is 25.1 Å². The third-order valence-electron chi connectivity index (χ3n) is 3.11. The van der Waals surface area contributed by atoms with Crippen molar-refractivity contribution in [3.8, 4) is 11.5 Å². The number of rotatable bonds is 5. The van der Waals surface area contributed by atoms with Crippen molar-refractivity contribution in [2.75, 3.05) is 19.0 Å². The summed E-state index contributed by atoms with van der Waals surface area (Å²) in [6.45, 7) is 3.07. The highest BCUT2D eigenvalue weighted by Crippen LogP contribution is 2.32. The standard InChI is InChI=1S/C14H15N3O3S2/c1-9(16-13(18)7-21-14-17-15-8-22-14)10-2-3-11-12(6-10)20-5-4-19-11/h2-3,6,8-9H,4-5,7H2,1H3,(H,16,18). The third-order valence-corrected chi connectivity index (χ3v) is 4.97. The number of carbonyl (C=O) groups is 1. The van der Waals surface area contributed by atoms with Gasteiger partial charge >= 0.3 is 0 Å². The molecule has 0 fully saturated rings. The van der Waals surface area contributed by atoms with Gasteiger partial charge in [-0.2, -0.15) is 0 Å². The van der Waals surface area contributed by atoms with Crippen molar-refractivity contribution >= 4 is 29.0 Å². The molecular weight excluding hydrogens is 322 g/mol. The molecule has 0 saturated heterocycles. The summed E-state index contributed by atoms with van der Waals surface area (Å²) in [4.78, 5) is 12.0. The molecule has 1 aliphatic rings. The van der Waals surface area contributed by atoms with Crippen LogP contribution in [0.4, 0.5) is 0 Å². The SMILES string of the molecule is CC(NC(=O)CSc1nncs1)c1ccc2c(c1)OCCO2. The van der Waals surface area contributed by atoms with Crippen LogP contribution in [-0.4, -0.2) is 35.1 Å². The summed E-state index contributed by atoms with van der Waals surface area (Å²) in [7, 11) is 0. The second-order valence-electron chi connectivity index (χ2n) is 4.69. The van der Waals surface area contributed by atoms with Crippen LogP contribution in [0, 0.1) is 0 Å². The molecule has 0 bridgehead atoms. The third kappa shape index (κ3) is 3.69. The molecule has 0 radical (unpaired) electrons. The van der Waals surface area contributed by atoms with Gasteiger partial charge in [0, 0.05) is 0 Å². The molecule has 6 nitrogen and oxygen atoms in total. The molecule has 8 heteroatoms. The summed E-state index contributed by atoms with van der Waals surface area (Å²) >= 11 is 2.81. The summed E-state index contributed by atoms with van der Waals surface area (Å²) < 4.78 is 11.8. The zero-order valence-corrected chi connectivity index (χ0v) is 13.6. The lowest BCUT2D eigenvalue weighted by atomic mass is 10.1. The average molecular weight is 337 g/mol. The number of nitrogens with one attached hydrogen (secondary N) is 1. The van der Waals surface area contributed by atoms with Crippen LogP contribution < -0.4 is 14.8 Å². The summed E-state index contributed by atoms with van der Waals surface area (Å²) in [5, 5.41) is 10.6. The Morgan fingerprint density at radius 2 is 2.23 bits per heavy atom. The molecule has 1 aromatic heterocycles. The highest BCUT2D eigenvalue weighted by molar-refractivity contribution is 8.01. The van der Waals surface area contributed by atoms with E-state index in [0.29, 0.717) is 19.0 Å². The first-order valence-electron chi connectivity index (χ1n) is 6.80. The van der Waals surface area contributed by atoms with Crippen molar-refractivity contribution < 1.29 is 14.3 Å². The number of fused-ring (bicyclic) bond motifs is 1. The number of aromatic nitrogens is 2. The van der Waals surface area contributed by atoms with Crippen molar-refractivity contribution in [3.05, 3.63) is 29.3 Å². The quantitative estimate of drug-likeness (QED) is 0.844. The zero-order valence-electron chi connectivity index (χ0n) is 11.9. The number of carbonyl (C=O) groups excluding carboxylic acids is 1. The van der Waals surface area contributed by atoms with Gasteiger partial charge in [-0.15, -0.1) is 10.2 Å². The molecular formula is C14H15N3O3S2. The number of amides is 1. The number of nitrogens with zero attached hydrogens (tertiary/aromatic N) is 2. The minimum atomic E-state index is -0.0988. The van der Waals surface area contributed by atoms with Gasteiger partial charge in [0.05, 0.1) is 11.8 Å². The van der Waals surface area contributed by atoms with Gasteiger partial charge in [0.2, 0.25) is 5.91 Å². The van der Waals surface area contributed by atoms with Gasteiger partial charge in [0.25, 0.3) is 0 Å². The molecule has 2 heterocycles. The Morgan fingerprint density at radius 3 is 3.00 bits per heavy atom. The van der Waals surface area contributed by atoms with E-state index in [4.69, 9.17) is 9.47 Å². The molecule has 1 amide bonds. The van der Waals surface area contributed by atoms with Gasteiger partial charge in [0.15, 0.2) is 15.8 Å². The van der Waals surface area contributed by atoms with Crippen molar-refractivity contribution in [1.82, 2.24) is 15.5 Å². The molecule has 2 aromatic rings. The van der Waals surface area contributed by atoms with E-state index in [1.54, 1.807) is 5.51 Å². The van der Waals surface area contributed by atoms with Crippen LogP contribution in [0.1, 0.15) is 18.5 Å². The fourth-order valence-electron chi connectivity index (χ4n) is 2.05. The van der Waals surface area contributed by atoms with E-state index >= 15 is 0 Å². The van der Waals surface area contributed by atoms with Crippen LogP contribution in [-0.2, 0) is 4.79 Å². The second-order valence-corrected chi connectivity index (χ2v) is 6.74. The normalized spacial score (nSPS) is 14.4. The van der Waals surface area contributed by atoms with Crippen LogP contribution >= 0.6 is 23.1 Å². The molecule has 1 unspecified atom stereocenters. The minimum absolute atomic E-state index is 0.0393. The van der Waals surface area contributed by atoms with Crippen LogP contribution in [0.3, 0.4) is 0 Å². The van der Waals surface area contributed by atoms with Crippen molar-refractivity contribution in [2.24, 2.45) is 0 Å². The molecule has 1 atom stereocenters. The Labute approximate surface area is 136 Å². The topological polar surface area (TPSA) is 73.3 Å². The predicted octanol–water partition coefficient (Wildman–Crippen LogP) is 2.28. The van der Waals surface area contributed by atoms with Gasteiger partial charge < -0.3 is 14.8 Å². The molecule has 0 spiro atoms. The maximum atomic E-state index is 12.0. The lowest BCUT2D eigenvalue weighted by Crippen LogP contribution is -2.28. The second kappa shape index (κ2) is 6.97. The predicted molar refractivity (Wildman–Crippen MR) is 84.6 cm³/mol. The molecule has 116 valence electrons.